The average Bonchev–Trinajstić information content (AvgIpc) is 3.36. The zero-order chi connectivity index (χ0) is 18.1. The molecule has 0 bridgehead atoms. The van der Waals surface area contributed by atoms with Gasteiger partial charge in [-0.15, -0.1) is 0 Å². The molecule has 1 aliphatic heterocycles. The van der Waals surface area contributed by atoms with Crippen molar-refractivity contribution in [1.29, 1.82) is 0 Å². The summed E-state index contributed by atoms with van der Waals surface area (Å²) in [5.74, 6) is 1.42. The second kappa shape index (κ2) is 7.11. The van der Waals surface area contributed by atoms with E-state index in [1.54, 1.807) is 0 Å². The van der Waals surface area contributed by atoms with E-state index in [9.17, 15) is 4.79 Å². The Morgan fingerprint density at radius 1 is 1.31 bits per heavy atom. The summed E-state index contributed by atoms with van der Waals surface area (Å²) in [6.07, 6.45) is 3.30. The number of aryl methyl sites for hydroxylation is 1. The Hall–Kier alpha value is -2.34. The molecule has 138 valence electrons. The molecule has 2 heterocycles. The van der Waals surface area contributed by atoms with Crippen molar-refractivity contribution >= 4 is 17.3 Å². The first-order chi connectivity index (χ1) is 12.6. The first kappa shape index (κ1) is 17.1. The Bertz CT molecular complexity index is 780. The van der Waals surface area contributed by atoms with Crippen LogP contribution < -0.4 is 10.2 Å². The van der Waals surface area contributed by atoms with Gasteiger partial charge in [-0.2, -0.15) is 0 Å². The fourth-order valence-electron chi connectivity index (χ4n) is 3.35. The molecule has 1 aliphatic carbocycles. The summed E-state index contributed by atoms with van der Waals surface area (Å²) < 4.78 is 11.2. The fraction of sp³-hybridized carbons (Fsp3) is 0.500. The highest BCUT2D eigenvalue weighted by Gasteiger charge is 2.26. The van der Waals surface area contributed by atoms with Crippen molar-refractivity contribution in [1.82, 2.24) is 4.98 Å². The Kier molecular flexibility index (Phi) is 4.68. The summed E-state index contributed by atoms with van der Waals surface area (Å²) in [7, 11) is 0. The number of nitrogens with zero attached hydrogens (tertiary/aromatic N) is 2. The quantitative estimate of drug-likeness (QED) is 0.890. The summed E-state index contributed by atoms with van der Waals surface area (Å²) in [6.45, 7) is 6.34. The lowest BCUT2D eigenvalue weighted by Crippen LogP contribution is -2.43. The number of amides is 1. The number of carbonyl (C=O) groups is 1. The van der Waals surface area contributed by atoms with Gasteiger partial charge in [0.15, 0.2) is 5.89 Å². The molecule has 0 unspecified atom stereocenters. The molecule has 2 aliphatic rings. The van der Waals surface area contributed by atoms with Gasteiger partial charge in [-0.05, 0) is 56.9 Å². The molecule has 1 saturated heterocycles. The van der Waals surface area contributed by atoms with Crippen LogP contribution in [0.5, 0.6) is 0 Å². The Morgan fingerprint density at radius 2 is 2.08 bits per heavy atom. The van der Waals surface area contributed by atoms with E-state index in [2.05, 4.69) is 22.1 Å². The maximum Gasteiger partial charge on any atom is 0.293 e. The standard InChI is InChI=1S/C20H25N3O3/c1-13-12-25-10-9-23(13)17-7-5-16(6-8-17)22-20(24)19-14(2)21-18(26-19)11-15-3-4-15/h5-8,13,15H,3-4,9-12H2,1-2H3,(H,22,24)/t13-/m1/s1. The number of ether oxygens (including phenoxy) is 1. The third-order valence-corrected chi connectivity index (χ3v) is 5.03. The van der Waals surface area contributed by atoms with E-state index >= 15 is 0 Å². The molecule has 1 saturated carbocycles. The van der Waals surface area contributed by atoms with Crippen LogP contribution >= 0.6 is 0 Å². The van der Waals surface area contributed by atoms with E-state index < -0.39 is 0 Å². The first-order valence-corrected chi connectivity index (χ1v) is 9.32. The topological polar surface area (TPSA) is 67.6 Å². The maximum atomic E-state index is 12.5. The molecule has 4 rings (SSSR count). The van der Waals surface area contributed by atoms with Crippen LogP contribution in [-0.2, 0) is 11.2 Å². The summed E-state index contributed by atoms with van der Waals surface area (Å²) in [5.41, 5.74) is 2.54. The predicted octanol–water partition coefficient (Wildman–Crippen LogP) is 3.41. The highest BCUT2D eigenvalue weighted by Crippen LogP contribution is 2.32. The lowest BCUT2D eigenvalue weighted by atomic mass is 10.2. The molecular formula is C20H25N3O3. The molecular weight excluding hydrogens is 330 g/mol. The van der Waals surface area contributed by atoms with Crippen LogP contribution in [0.4, 0.5) is 11.4 Å². The highest BCUT2D eigenvalue weighted by molar-refractivity contribution is 6.03. The molecule has 1 amide bonds. The van der Waals surface area contributed by atoms with Gasteiger partial charge in [-0.3, -0.25) is 4.79 Å². The molecule has 2 fully saturated rings. The Morgan fingerprint density at radius 3 is 2.77 bits per heavy atom. The molecule has 6 nitrogen and oxygen atoms in total. The van der Waals surface area contributed by atoms with E-state index in [0.717, 1.165) is 37.6 Å². The number of rotatable bonds is 5. The van der Waals surface area contributed by atoms with Gasteiger partial charge in [0.1, 0.15) is 0 Å². The number of anilines is 2. The number of oxazole rings is 1. The Balaban J connectivity index is 1.42. The molecule has 0 radical (unpaired) electrons. The molecule has 1 aromatic heterocycles. The van der Waals surface area contributed by atoms with Crippen molar-refractivity contribution in [3.8, 4) is 0 Å². The van der Waals surface area contributed by atoms with Crippen molar-refractivity contribution < 1.29 is 13.9 Å². The summed E-state index contributed by atoms with van der Waals surface area (Å²) in [6, 6.07) is 8.26. The zero-order valence-electron chi connectivity index (χ0n) is 15.3. The van der Waals surface area contributed by atoms with Crippen LogP contribution in [0.3, 0.4) is 0 Å². The molecule has 26 heavy (non-hydrogen) atoms. The van der Waals surface area contributed by atoms with Crippen molar-refractivity contribution in [3.05, 3.63) is 41.6 Å². The minimum Gasteiger partial charge on any atom is -0.435 e. The van der Waals surface area contributed by atoms with E-state index in [-0.39, 0.29) is 5.91 Å². The van der Waals surface area contributed by atoms with Gasteiger partial charge >= 0.3 is 0 Å². The monoisotopic (exact) mass is 355 g/mol. The second-order valence-corrected chi connectivity index (χ2v) is 7.29. The van der Waals surface area contributed by atoms with E-state index in [1.807, 2.05) is 31.2 Å². The number of carbonyl (C=O) groups excluding carboxylic acids is 1. The number of nitrogens with one attached hydrogen (secondary N) is 1. The first-order valence-electron chi connectivity index (χ1n) is 9.32. The predicted molar refractivity (Wildman–Crippen MR) is 99.7 cm³/mol. The number of hydrogen-bond donors (Lipinski definition) is 1. The van der Waals surface area contributed by atoms with Gasteiger partial charge in [-0.1, -0.05) is 0 Å². The lowest BCUT2D eigenvalue weighted by Gasteiger charge is -2.35. The Labute approximate surface area is 153 Å². The number of benzene rings is 1. The van der Waals surface area contributed by atoms with E-state index in [1.165, 1.54) is 12.8 Å². The fourth-order valence-corrected chi connectivity index (χ4v) is 3.35. The van der Waals surface area contributed by atoms with Crippen molar-refractivity contribution in [2.75, 3.05) is 30.0 Å². The third-order valence-electron chi connectivity index (χ3n) is 5.03. The smallest absolute Gasteiger partial charge is 0.293 e. The van der Waals surface area contributed by atoms with Crippen molar-refractivity contribution in [2.45, 2.75) is 39.2 Å². The summed E-state index contributed by atoms with van der Waals surface area (Å²) in [5, 5.41) is 2.91. The molecule has 6 heteroatoms. The average molecular weight is 355 g/mol. The van der Waals surface area contributed by atoms with E-state index in [4.69, 9.17) is 9.15 Å². The molecule has 0 spiro atoms. The van der Waals surface area contributed by atoms with Gasteiger partial charge in [0.2, 0.25) is 5.76 Å². The van der Waals surface area contributed by atoms with Crippen LogP contribution in [0.1, 0.15) is 41.9 Å². The largest absolute Gasteiger partial charge is 0.435 e. The number of aromatic nitrogens is 1. The normalized spacial score (nSPS) is 20.2. The van der Waals surface area contributed by atoms with Gasteiger partial charge < -0.3 is 19.4 Å². The van der Waals surface area contributed by atoms with E-state index in [0.29, 0.717) is 29.3 Å². The van der Waals surface area contributed by atoms with Crippen LogP contribution in [-0.4, -0.2) is 36.7 Å². The third kappa shape index (κ3) is 3.75. The summed E-state index contributed by atoms with van der Waals surface area (Å²) in [4.78, 5) is 19.2. The minimum atomic E-state index is -0.246. The van der Waals surface area contributed by atoms with Gasteiger partial charge in [0.05, 0.1) is 18.9 Å². The molecule has 2 aromatic rings. The second-order valence-electron chi connectivity index (χ2n) is 7.29. The maximum absolute atomic E-state index is 12.5. The van der Waals surface area contributed by atoms with Gasteiger partial charge in [-0.25, -0.2) is 4.98 Å². The highest BCUT2D eigenvalue weighted by atomic mass is 16.5. The minimum absolute atomic E-state index is 0.246. The summed E-state index contributed by atoms with van der Waals surface area (Å²) >= 11 is 0. The lowest BCUT2D eigenvalue weighted by molar-refractivity contribution is 0.0989. The SMILES string of the molecule is Cc1nc(CC2CC2)oc1C(=O)Nc1ccc(N2CCOC[C@H]2C)cc1. The number of hydrogen-bond acceptors (Lipinski definition) is 5. The zero-order valence-corrected chi connectivity index (χ0v) is 15.3. The van der Waals surface area contributed by atoms with Gasteiger partial charge in [0.25, 0.3) is 5.91 Å². The van der Waals surface area contributed by atoms with Crippen LogP contribution in [0.2, 0.25) is 0 Å². The molecule has 1 atom stereocenters. The van der Waals surface area contributed by atoms with Crippen LogP contribution in [0.15, 0.2) is 28.7 Å². The van der Waals surface area contributed by atoms with Crippen LogP contribution in [0.25, 0.3) is 0 Å². The molecule has 1 N–H and O–H groups in total. The number of morpholine rings is 1. The van der Waals surface area contributed by atoms with Crippen molar-refractivity contribution in [3.63, 3.8) is 0 Å². The van der Waals surface area contributed by atoms with Gasteiger partial charge in [0, 0.05) is 30.4 Å². The molecule has 1 aromatic carbocycles. The van der Waals surface area contributed by atoms with Crippen LogP contribution in [0, 0.1) is 12.8 Å². The van der Waals surface area contributed by atoms with Crippen molar-refractivity contribution in [2.24, 2.45) is 5.92 Å².